The molecule has 1 amide bonds. The monoisotopic (exact) mass is 199 g/mol. The van der Waals surface area contributed by atoms with E-state index in [2.05, 4.69) is 0 Å². The van der Waals surface area contributed by atoms with Crippen molar-refractivity contribution in [1.82, 2.24) is 4.90 Å². The minimum Gasteiger partial charge on any atom is -0.465 e. The van der Waals surface area contributed by atoms with E-state index in [9.17, 15) is 4.79 Å². The lowest BCUT2D eigenvalue weighted by Crippen LogP contribution is -2.44. The quantitative estimate of drug-likeness (QED) is 0.626. The van der Waals surface area contributed by atoms with E-state index in [0.29, 0.717) is 13.1 Å². The van der Waals surface area contributed by atoms with Crippen molar-refractivity contribution < 1.29 is 15.0 Å². The summed E-state index contributed by atoms with van der Waals surface area (Å²) in [5.41, 5.74) is 0.997. The fourth-order valence-corrected chi connectivity index (χ4v) is 1.90. The first-order valence-electron chi connectivity index (χ1n) is 4.75. The number of likely N-dealkylation sites (tertiary alicyclic amines) is 1. The molecule has 0 aliphatic carbocycles. The Labute approximate surface area is 83.8 Å². The normalized spacial score (nSPS) is 23.9. The Balaban J connectivity index is 2.75. The zero-order valence-corrected chi connectivity index (χ0v) is 8.66. The predicted molar refractivity (Wildman–Crippen MR) is 53.2 cm³/mol. The Hall–Kier alpha value is -1.03. The van der Waals surface area contributed by atoms with Crippen LogP contribution < -0.4 is 0 Å². The number of nitrogens with zero attached hydrogens (tertiary/aromatic N) is 1. The lowest BCUT2D eigenvalue weighted by molar-refractivity contribution is 0.116. The van der Waals surface area contributed by atoms with E-state index in [1.807, 2.05) is 13.8 Å². The van der Waals surface area contributed by atoms with E-state index in [0.717, 1.165) is 12.0 Å². The maximum Gasteiger partial charge on any atom is 0.407 e. The number of carboxylic acid groups (broad SMARTS) is 1. The first-order valence-corrected chi connectivity index (χ1v) is 4.75. The van der Waals surface area contributed by atoms with Gasteiger partial charge in [0.25, 0.3) is 0 Å². The van der Waals surface area contributed by atoms with Gasteiger partial charge in [0.2, 0.25) is 0 Å². The molecule has 0 atom stereocenters. The summed E-state index contributed by atoms with van der Waals surface area (Å²) in [5.74, 6) is 0. The van der Waals surface area contributed by atoms with Crippen molar-refractivity contribution in [2.45, 2.75) is 20.3 Å². The van der Waals surface area contributed by atoms with Gasteiger partial charge in [-0.25, -0.2) is 4.79 Å². The van der Waals surface area contributed by atoms with Crippen molar-refractivity contribution in [3.05, 3.63) is 11.6 Å². The summed E-state index contributed by atoms with van der Waals surface area (Å²) >= 11 is 0. The molecule has 2 N–H and O–H groups in total. The maximum atomic E-state index is 10.8. The van der Waals surface area contributed by atoms with Crippen LogP contribution in [0.5, 0.6) is 0 Å². The molecule has 0 spiro atoms. The predicted octanol–water partition coefficient (Wildman–Crippen LogP) is 1.31. The third kappa shape index (κ3) is 2.26. The van der Waals surface area contributed by atoms with Gasteiger partial charge in [-0.2, -0.15) is 0 Å². The second-order valence-corrected chi connectivity index (χ2v) is 4.25. The van der Waals surface area contributed by atoms with Gasteiger partial charge in [-0.15, -0.1) is 0 Å². The summed E-state index contributed by atoms with van der Waals surface area (Å²) in [5, 5.41) is 17.7. The molecule has 1 saturated heterocycles. The molecule has 1 aliphatic heterocycles. The van der Waals surface area contributed by atoms with Crippen molar-refractivity contribution in [2.24, 2.45) is 5.41 Å². The van der Waals surface area contributed by atoms with Gasteiger partial charge in [0.15, 0.2) is 0 Å². The van der Waals surface area contributed by atoms with Crippen molar-refractivity contribution in [3.8, 4) is 0 Å². The highest BCUT2D eigenvalue weighted by Gasteiger charge is 2.32. The average molecular weight is 199 g/mol. The molecule has 0 radical (unpaired) electrons. The number of hydrogen-bond donors (Lipinski definition) is 2. The topological polar surface area (TPSA) is 60.8 Å². The van der Waals surface area contributed by atoms with E-state index in [4.69, 9.17) is 10.2 Å². The van der Waals surface area contributed by atoms with E-state index in [-0.39, 0.29) is 12.0 Å². The number of aliphatic hydroxyl groups excluding tert-OH is 1. The van der Waals surface area contributed by atoms with Crippen LogP contribution in [0.15, 0.2) is 11.6 Å². The smallest absolute Gasteiger partial charge is 0.407 e. The molecule has 14 heavy (non-hydrogen) atoms. The van der Waals surface area contributed by atoms with Gasteiger partial charge in [-0.1, -0.05) is 25.5 Å². The molecular weight excluding hydrogens is 182 g/mol. The van der Waals surface area contributed by atoms with Crippen LogP contribution in [0.2, 0.25) is 0 Å². The van der Waals surface area contributed by atoms with Crippen molar-refractivity contribution in [1.29, 1.82) is 0 Å². The number of piperidine rings is 1. The van der Waals surface area contributed by atoms with E-state index in [1.54, 1.807) is 6.08 Å². The largest absolute Gasteiger partial charge is 0.465 e. The molecule has 0 aromatic rings. The maximum absolute atomic E-state index is 10.8. The van der Waals surface area contributed by atoms with Gasteiger partial charge in [0, 0.05) is 18.5 Å². The standard InChI is InChI=1S/C10H17NO3/c1-10(2)7-11(9(13)14)5-3-8(10)4-6-12/h4,12H,3,5-7H2,1-2H3,(H,13,14). The Morgan fingerprint density at radius 3 is 2.71 bits per heavy atom. The first-order chi connectivity index (χ1) is 6.47. The Bertz CT molecular complexity index is 258. The third-order valence-corrected chi connectivity index (χ3v) is 2.71. The van der Waals surface area contributed by atoms with Gasteiger partial charge in [-0.3, -0.25) is 0 Å². The molecule has 80 valence electrons. The molecule has 0 aromatic heterocycles. The van der Waals surface area contributed by atoms with Gasteiger partial charge in [0.05, 0.1) is 6.61 Å². The van der Waals surface area contributed by atoms with Crippen LogP contribution in [0.25, 0.3) is 0 Å². The Kier molecular flexibility index (Phi) is 3.16. The van der Waals surface area contributed by atoms with E-state index >= 15 is 0 Å². The van der Waals surface area contributed by atoms with Crippen LogP contribution in [-0.2, 0) is 0 Å². The second-order valence-electron chi connectivity index (χ2n) is 4.25. The van der Waals surface area contributed by atoms with Gasteiger partial charge >= 0.3 is 6.09 Å². The van der Waals surface area contributed by atoms with Crippen LogP contribution in [-0.4, -0.2) is 40.9 Å². The summed E-state index contributed by atoms with van der Waals surface area (Å²) < 4.78 is 0. The molecule has 0 aromatic carbocycles. The number of amides is 1. The molecule has 1 heterocycles. The molecule has 0 unspecified atom stereocenters. The minimum absolute atomic E-state index is 0.0336. The fraction of sp³-hybridized carbons (Fsp3) is 0.700. The van der Waals surface area contributed by atoms with Crippen LogP contribution in [0.4, 0.5) is 4.79 Å². The number of aliphatic hydroxyl groups is 1. The average Bonchev–Trinajstić information content (AvgIpc) is 2.08. The molecule has 0 bridgehead atoms. The molecule has 1 aliphatic rings. The third-order valence-electron chi connectivity index (χ3n) is 2.71. The van der Waals surface area contributed by atoms with Gasteiger partial charge in [0.1, 0.15) is 0 Å². The number of hydrogen-bond acceptors (Lipinski definition) is 2. The zero-order valence-electron chi connectivity index (χ0n) is 8.66. The first kappa shape index (κ1) is 11.0. The summed E-state index contributed by atoms with van der Waals surface area (Å²) in [6.45, 7) is 5.08. The second kappa shape index (κ2) is 4.00. The van der Waals surface area contributed by atoms with Crippen molar-refractivity contribution >= 4 is 6.09 Å². The van der Waals surface area contributed by atoms with Gasteiger partial charge in [-0.05, 0) is 6.42 Å². The number of carbonyl (C=O) groups is 1. The van der Waals surface area contributed by atoms with Crippen LogP contribution in [0.3, 0.4) is 0 Å². The molecule has 1 rings (SSSR count). The minimum atomic E-state index is -0.860. The highest BCUT2D eigenvalue weighted by molar-refractivity contribution is 5.65. The van der Waals surface area contributed by atoms with E-state index in [1.165, 1.54) is 4.90 Å². The lowest BCUT2D eigenvalue weighted by atomic mass is 9.79. The Morgan fingerprint density at radius 2 is 2.29 bits per heavy atom. The highest BCUT2D eigenvalue weighted by atomic mass is 16.4. The molecule has 4 heteroatoms. The summed E-state index contributed by atoms with van der Waals surface area (Å²) in [7, 11) is 0. The summed E-state index contributed by atoms with van der Waals surface area (Å²) in [4.78, 5) is 12.2. The Morgan fingerprint density at radius 1 is 1.64 bits per heavy atom. The van der Waals surface area contributed by atoms with Crippen LogP contribution in [0.1, 0.15) is 20.3 Å². The van der Waals surface area contributed by atoms with Crippen molar-refractivity contribution in [2.75, 3.05) is 19.7 Å². The molecule has 0 saturated carbocycles. The SMILES string of the molecule is CC1(C)CN(C(=O)O)CCC1=CCO. The highest BCUT2D eigenvalue weighted by Crippen LogP contribution is 2.33. The fourth-order valence-electron chi connectivity index (χ4n) is 1.90. The van der Waals surface area contributed by atoms with Gasteiger partial charge < -0.3 is 15.1 Å². The van der Waals surface area contributed by atoms with E-state index < -0.39 is 6.09 Å². The molecule has 4 nitrogen and oxygen atoms in total. The zero-order chi connectivity index (χ0) is 10.8. The lowest BCUT2D eigenvalue weighted by Gasteiger charge is -2.39. The molecular formula is C10H17NO3. The van der Waals surface area contributed by atoms with Crippen molar-refractivity contribution in [3.63, 3.8) is 0 Å². The number of rotatable bonds is 1. The molecule has 1 fully saturated rings. The van der Waals surface area contributed by atoms with Crippen LogP contribution in [0, 0.1) is 5.41 Å². The van der Waals surface area contributed by atoms with Crippen LogP contribution >= 0.6 is 0 Å². The summed E-state index contributed by atoms with van der Waals surface area (Å²) in [6.07, 6.45) is 1.65. The summed E-state index contributed by atoms with van der Waals surface area (Å²) in [6, 6.07) is 0.